The Morgan fingerprint density at radius 2 is 1.89 bits per heavy atom. The van der Waals surface area contributed by atoms with E-state index in [1.165, 1.54) is 11.1 Å². The van der Waals surface area contributed by atoms with E-state index in [0.29, 0.717) is 12.6 Å². The molecule has 0 aliphatic carbocycles. The summed E-state index contributed by atoms with van der Waals surface area (Å²) in [6.07, 6.45) is 2.06. The summed E-state index contributed by atoms with van der Waals surface area (Å²) in [7, 11) is 0. The molecule has 0 aromatic heterocycles. The maximum absolute atomic E-state index is 12.0. The predicted octanol–water partition coefficient (Wildman–Crippen LogP) is 2.61. The number of nitrogens with zero attached hydrogens (tertiary/aromatic N) is 1. The third kappa shape index (κ3) is 2.41. The molecule has 1 heterocycles. The minimum Gasteiger partial charge on any atom is -0.319 e. The molecule has 18 heavy (non-hydrogen) atoms. The number of carbonyl (C=O) groups is 1. The highest BCUT2D eigenvalue weighted by Gasteiger charge is 2.35. The molecule has 0 bridgehead atoms. The van der Waals surface area contributed by atoms with E-state index in [2.05, 4.69) is 50.4 Å². The Labute approximate surface area is 109 Å². The van der Waals surface area contributed by atoms with Crippen LogP contribution in [0.2, 0.25) is 0 Å². The van der Waals surface area contributed by atoms with Crippen molar-refractivity contribution in [3.63, 3.8) is 0 Å². The summed E-state index contributed by atoms with van der Waals surface area (Å²) >= 11 is 0. The standard InChI is InChI=1S/C15H22N2O/c1-4-13(5-2)17-14(18)10-16-15(17)12-8-6-11(3)7-9-12/h6-9,13,15-16H,4-5,10H2,1-3H3. The van der Waals surface area contributed by atoms with E-state index in [1.807, 2.05) is 4.90 Å². The van der Waals surface area contributed by atoms with Gasteiger partial charge in [-0.1, -0.05) is 43.7 Å². The van der Waals surface area contributed by atoms with Crippen LogP contribution in [0.4, 0.5) is 0 Å². The lowest BCUT2D eigenvalue weighted by atomic mass is 10.1. The summed E-state index contributed by atoms with van der Waals surface area (Å²) in [5.74, 6) is 0.217. The number of amides is 1. The zero-order chi connectivity index (χ0) is 13.1. The molecular weight excluding hydrogens is 224 g/mol. The van der Waals surface area contributed by atoms with Gasteiger partial charge < -0.3 is 4.90 Å². The van der Waals surface area contributed by atoms with Gasteiger partial charge in [-0.2, -0.15) is 0 Å². The first-order valence-corrected chi connectivity index (χ1v) is 6.78. The normalized spacial score (nSPS) is 19.9. The summed E-state index contributed by atoms with van der Waals surface area (Å²) in [6.45, 7) is 6.82. The van der Waals surface area contributed by atoms with Crippen LogP contribution in [-0.4, -0.2) is 23.4 Å². The van der Waals surface area contributed by atoms with Gasteiger partial charge in [-0.05, 0) is 25.3 Å². The Morgan fingerprint density at radius 3 is 2.44 bits per heavy atom. The van der Waals surface area contributed by atoms with Crippen molar-refractivity contribution in [2.75, 3.05) is 6.54 Å². The molecule has 1 atom stereocenters. The minimum atomic E-state index is 0.0444. The van der Waals surface area contributed by atoms with Crippen LogP contribution in [0.5, 0.6) is 0 Å². The highest BCUT2D eigenvalue weighted by Crippen LogP contribution is 2.27. The van der Waals surface area contributed by atoms with Crippen LogP contribution in [0.3, 0.4) is 0 Å². The van der Waals surface area contributed by atoms with Crippen LogP contribution >= 0.6 is 0 Å². The van der Waals surface area contributed by atoms with E-state index >= 15 is 0 Å². The maximum atomic E-state index is 12.0. The lowest BCUT2D eigenvalue weighted by Crippen LogP contribution is -2.39. The zero-order valence-electron chi connectivity index (χ0n) is 11.4. The van der Waals surface area contributed by atoms with Crippen LogP contribution in [0.1, 0.15) is 44.0 Å². The van der Waals surface area contributed by atoms with Crippen LogP contribution in [0.25, 0.3) is 0 Å². The third-order valence-corrected chi connectivity index (χ3v) is 3.74. The summed E-state index contributed by atoms with van der Waals surface area (Å²) in [4.78, 5) is 14.1. The van der Waals surface area contributed by atoms with E-state index in [0.717, 1.165) is 12.8 Å². The van der Waals surface area contributed by atoms with Crippen LogP contribution in [0.15, 0.2) is 24.3 Å². The summed E-state index contributed by atoms with van der Waals surface area (Å²) in [5, 5.41) is 3.32. The van der Waals surface area contributed by atoms with Crippen LogP contribution < -0.4 is 5.32 Å². The molecule has 0 spiro atoms. The van der Waals surface area contributed by atoms with Crippen molar-refractivity contribution in [1.82, 2.24) is 10.2 Å². The lowest BCUT2D eigenvalue weighted by Gasteiger charge is -2.32. The van der Waals surface area contributed by atoms with E-state index in [-0.39, 0.29) is 12.1 Å². The Kier molecular flexibility index (Phi) is 4.02. The second kappa shape index (κ2) is 5.53. The summed E-state index contributed by atoms with van der Waals surface area (Å²) in [5.41, 5.74) is 2.43. The Hall–Kier alpha value is -1.35. The average Bonchev–Trinajstić information content (AvgIpc) is 2.75. The molecule has 3 nitrogen and oxygen atoms in total. The Morgan fingerprint density at radius 1 is 1.28 bits per heavy atom. The molecule has 98 valence electrons. The third-order valence-electron chi connectivity index (χ3n) is 3.74. The first-order valence-electron chi connectivity index (χ1n) is 6.78. The predicted molar refractivity (Wildman–Crippen MR) is 73.1 cm³/mol. The van der Waals surface area contributed by atoms with E-state index in [4.69, 9.17) is 0 Å². The fourth-order valence-corrected chi connectivity index (χ4v) is 2.64. The molecule has 1 aliphatic rings. The average molecular weight is 246 g/mol. The molecule has 1 amide bonds. The second-order valence-electron chi connectivity index (χ2n) is 4.97. The molecule has 1 N–H and O–H groups in total. The highest BCUT2D eigenvalue weighted by atomic mass is 16.2. The van der Waals surface area contributed by atoms with Gasteiger partial charge in [0.1, 0.15) is 6.17 Å². The van der Waals surface area contributed by atoms with Gasteiger partial charge in [0.05, 0.1) is 6.54 Å². The number of nitrogens with one attached hydrogen (secondary N) is 1. The fraction of sp³-hybridized carbons (Fsp3) is 0.533. The monoisotopic (exact) mass is 246 g/mol. The largest absolute Gasteiger partial charge is 0.319 e. The highest BCUT2D eigenvalue weighted by molar-refractivity contribution is 5.81. The van der Waals surface area contributed by atoms with Crippen molar-refractivity contribution in [2.45, 2.75) is 45.8 Å². The van der Waals surface area contributed by atoms with Gasteiger partial charge in [-0.25, -0.2) is 0 Å². The van der Waals surface area contributed by atoms with Crippen molar-refractivity contribution in [3.8, 4) is 0 Å². The SMILES string of the molecule is CCC(CC)N1C(=O)CNC1c1ccc(C)cc1. The number of benzene rings is 1. The first-order chi connectivity index (χ1) is 8.67. The van der Waals surface area contributed by atoms with Gasteiger partial charge in [0.25, 0.3) is 0 Å². The number of carbonyl (C=O) groups excluding carboxylic acids is 1. The van der Waals surface area contributed by atoms with Gasteiger partial charge in [0.2, 0.25) is 5.91 Å². The minimum absolute atomic E-state index is 0.0444. The van der Waals surface area contributed by atoms with Gasteiger partial charge in [-0.3, -0.25) is 10.1 Å². The number of aryl methyl sites for hydroxylation is 1. The Balaban J connectivity index is 2.26. The second-order valence-corrected chi connectivity index (χ2v) is 4.97. The quantitative estimate of drug-likeness (QED) is 0.885. The van der Waals surface area contributed by atoms with Crippen molar-refractivity contribution in [1.29, 1.82) is 0 Å². The van der Waals surface area contributed by atoms with Crippen molar-refractivity contribution in [3.05, 3.63) is 35.4 Å². The van der Waals surface area contributed by atoms with Crippen LogP contribution in [-0.2, 0) is 4.79 Å². The van der Waals surface area contributed by atoms with Gasteiger partial charge >= 0.3 is 0 Å². The van der Waals surface area contributed by atoms with Crippen molar-refractivity contribution >= 4 is 5.91 Å². The molecule has 1 saturated heterocycles. The first kappa shape index (κ1) is 13.1. The van der Waals surface area contributed by atoms with Gasteiger partial charge in [0.15, 0.2) is 0 Å². The fourth-order valence-electron chi connectivity index (χ4n) is 2.64. The van der Waals surface area contributed by atoms with Gasteiger partial charge in [0, 0.05) is 6.04 Å². The maximum Gasteiger partial charge on any atom is 0.238 e. The molecule has 0 saturated carbocycles. The van der Waals surface area contributed by atoms with E-state index in [9.17, 15) is 4.79 Å². The molecule has 1 aromatic carbocycles. The Bertz CT molecular complexity index is 409. The lowest BCUT2D eigenvalue weighted by molar-refractivity contribution is -0.130. The zero-order valence-corrected chi connectivity index (χ0v) is 11.4. The molecule has 1 aromatic rings. The summed E-state index contributed by atoms with van der Waals surface area (Å²) < 4.78 is 0. The van der Waals surface area contributed by atoms with E-state index in [1.54, 1.807) is 0 Å². The topological polar surface area (TPSA) is 32.3 Å². The smallest absolute Gasteiger partial charge is 0.238 e. The van der Waals surface area contributed by atoms with Crippen molar-refractivity contribution < 1.29 is 4.79 Å². The molecule has 0 radical (unpaired) electrons. The van der Waals surface area contributed by atoms with Crippen molar-refractivity contribution in [2.24, 2.45) is 0 Å². The van der Waals surface area contributed by atoms with E-state index < -0.39 is 0 Å². The molecule has 2 rings (SSSR count). The molecule has 1 unspecified atom stereocenters. The molecule has 1 aliphatic heterocycles. The molecule has 1 fully saturated rings. The van der Waals surface area contributed by atoms with Crippen LogP contribution in [0, 0.1) is 6.92 Å². The number of rotatable bonds is 4. The number of hydrogen-bond donors (Lipinski definition) is 1. The van der Waals surface area contributed by atoms with Gasteiger partial charge in [-0.15, -0.1) is 0 Å². The summed E-state index contributed by atoms with van der Waals surface area (Å²) in [6, 6.07) is 8.76. The number of hydrogen-bond acceptors (Lipinski definition) is 2. The molecule has 3 heteroatoms. The molecular formula is C15H22N2O.